The molecule has 0 fully saturated rings. The highest BCUT2D eigenvalue weighted by Gasteiger charge is 2.18. The van der Waals surface area contributed by atoms with Gasteiger partial charge in [-0.25, -0.2) is 0 Å². The lowest BCUT2D eigenvalue weighted by Gasteiger charge is -2.19. The van der Waals surface area contributed by atoms with Gasteiger partial charge in [0.25, 0.3) is 11.6 Å². The van der Waals surface area contributed by atoms with Gasteiger partial charge in [0.05, 0.1) is 4.92 Å². The van der Waals surface area contributed by atoms with Gasteiger partial charge in [0, 0.05) is 25.2 Å². The number of benzene rings is 1. The lowest BCUT2D eigenvalue weighted by Crippen LogP contribution is -2.29. The Morgan fingerprint density at radius 2 is 2.00 bits per heavy atom. The Bertz CT molecular complexity index is 519. The van der Waals surface area contributed by atoms with Crippen LogP contribution in [0.3, 0.4) is 0 Å². The average Bonchev–Trinajstić information content (AvgIpc) is 2.45. The maximum Gasteiger partial charge on any atom is 0.293 e. The second-order valence-electron chi connectivity index (χ2n) is 5.02. The van der Waals surface area contributed by atoms with E-state index >= 15 is 0 Å². The molecule has 1 rings (SSSR count). The maximum atomic E-state index is 12.2. The number of hydrazine groups is 1. The van der Waals surface area contributed by atoms with Crippen LogP contribution in [-0.4, -0.2) is 54.9 Å². The normalized spacial score (nSPS) is 10.5. The van der Waals surface area contributed by atoms with Crippen molar-refractivity contribution in [3.63, 3.8) is 0 Å². The predicted molar refractivity (Wildman–Crippen MR) is 81.0 cm³/mol. The van der Waals surface area contributed by atoms with Crippen LogP contribution in [0.5, 0.6) is 0 Å². The van der Waals surface area contributed by atoms with Crippen LogP contribution >= 0.6 is 0 Å². The van der Waals surface area contributed by atoms with E-state index < -0.39 is 4.92 Å². The quantitative estimate of drug-likeness (QED) is 0.440. The van der Waals surface area contributed by atoms with Crippen molar-refractivity contribution < 1.29 is 9.72 Å². The molecule has 1 aromatic rings. The number of nitro benzene ring substituents is 1. The number of nitrogen functional groups attached to an aromatic ring is 1. The van der Waals surface area contributed by atoms with Crippen molar-refractivity contribution in [3.05, 3.63) is 33.9 Å². The lowest BCUT2D eigenvalue weighted by molar-refractivity contribution is -0.384. The van der Waals surface area contributed by atoms with E-state index in [0.29, 0.717) is 12.1 Å². The first kappa shape index (κ1) is 16.9. The van der Waals surface area contributed by atoms with E-state index in [1.807, 2.05) is 19.0 Å². The Hall–Kier alpha value is -2.19. The third kappa shape index (κ3) is 4.69. The number of nitro groups is 1. The number of amides is 1. The molecule has 0 saturated heterocycles. The molecule has 0 aliphatic rings. The first-order valence-corrected chi connectivity index (χ1v) is 6.52. The Morgan fingerprint density at radius 3 is 2.52 bits per heavy atom. The Balaban J connectivity index is 2.80. The Kier molecular flexibility index (Phi) is 6.07. The summed E-state index contributed by atoms with van der Waals surface area (Å²) in [5.74, 6) is 5.07. The smallest absolute Gasteiger partial charge is 0.293 e. The highest BCUT2D eigenvalue weighted by molar-refractivity contribution is 5.95. The summed E-state index contributed by atoms with van der Waals surface area (Å²) in [4.78, 5) is 26.1. The summed E-state index contributed by atoms with van der Waals surface area (Å²) < 4.78 is 0. The zero-order valence-corrected chi connectivity index (χ0v) is 12.5. The van der Waals surface area contributed by atoms with E-state index in [1.165, 1.54) is 18.2 Å². The number of nitrogens with two attached hydrogens (primary N) is 1. The van der Waals surface area contributed by atoms with Crippen LogP contribution in [0.4, 0.5) is 11.4 Å². The fourth-order valence-electron chi connectivity index (χ4n) is 1.89. The van der Waals surface area contributed by atoms with Crippen LogP contribution in [0.25, 0.3) is 0 Å². The molecule has 1 aromatic carbocycles. The van der Waals surface area contributed by atoms with E-state index in [1.54, 1.807) is 11.9 Å². The van der Waals surface area contributed by atoms with Crippen LogP contribution < -0.4 is 11.3 Å². The molecule has 0 heterocycles. The van der Waals surface area contributed by atoms with Crippen LogP contribution in [0.15, 0.2) is 18.2 Å². The Labute approximate surface area is 123 Å². The molecule has 0 aliphatic carbocycles. The first-order chi connectivity index (χ1) is 9.86. The molecule has 0 aliphatic heterocycles. The van der Waals surface area contributed by atoms with E-state index in [2.05, 4.69) is 5.43 Å². The number of nitrogens with zero attached hydrogens (tertiary/aromatic N) is 3. The van der Waals surface area contributed by atoms with Crippen molar-refractivity contribution in [2.24, 2.45) is 5.84 Å². The fraction of sp³-hybridized carbons (Fsp3) is 0.462. The summed E-state index contributed by atoms with van der Waals surface area (Å²) in [5.41, 5.74) is 2.57. The average molecular weight is 295 g/mol. The lowest BCUT2D eigenvalue weighted by atomic mass is 10.1. The zero-order chi connectivity index (χ0) is 16.0. The minimum absolute atomic E-state index is 0.118. The van der Waals surface area contributed by atoms with Gasteiger partial charge in [-0.3, -0.25) is 20.8 Å². The largest absolute Gasteiger partial charge is 0.342 e. The predicted octanol–water partition coefficient (Wildman–Crippen LogP) is 0.904. The highest BCUT2D eigenvalue weighted by Crippen LogP contribution is 2.24. The number of anilines is 1. The van der Waals surface area contributed by atoms with Crippen molar-refractivity contribution in [2.75, 3.05) is 39.7 Å². The number of hydrogen-bond acceptors (Lipinski definition) is 6. The highest BCUT2D eigenvalue weighted by atomic mass is 16.6. The van der Waals surface area contributed by atoms with E-state index in [0.717, 1.165) is 13.0 Å². The second kappa shape index (κ2) is 7.55. The van der Waals surface area contributed by atoms with Gasteiger partial charge in [0.15, 0.2) is 0 Å². The summed E-state index contributed by atoms with van der Waals surface area (Å²) in [5, 5.41) is 10.8. The number of rotatable bonds is 7. The first-order valence-electron chi connectivity index (χ1n) is 6.52. The van der Waals surface area contributed by atoms with Gasteiger partial charge in [0.1, 0.15) is 5.69 Å². The summed E-state index contributed by atoms with van der Waals surface area (Å²) in [7, 11) is 5.64. The van der Waals surface area contributed by atoms with Crippen molar-refractivity contribution in [2.45, 2.75) is 6.42 Å². The van der Waals surface area contributed by atoms with E-state index in [9.17, 15) is 14.9 Å². The maximum absolute atomic E-state index is 12.2. The van der Waals surface area contributed by atoms with Gasteiger partial charge in [-0.05, 0) is 39.2 Å². The molecule has 0 radical (unpaired) electrons. The third-order valence-corrected chi connectivity index (χ3v) is 3.04. The number of hydrogen-bond donors (Lipinski definition) is 2. The second-order valence-corrected chi connectivity index (χ2v) is 5.02. The molecule has 21 heavy (non-hydrogen) atoms. The molecule has 0 bridgehead atoms. The van der Waals surface area contributed by atoms with Crippen LogP contribution in [-0.2, 0) is 0 Å². The van der Waals surface area contributed by atoms with Crippen LogP contribution in [0.2, 0.25) is 0 Å². The minimum atomic E-state index is -0.551. The molecule has 0 unspecified atom stereocenters. The van der Waals surface area contributed by atoms with Gasteiger partial charge < -0.3 is 15.2 Å². The van der Waals surface area contributed by atoms with Crippen molar-refractivity contribution >= 4 is 17.3 Å². The molecule has 0 atom stereocenters. The fourth-order valence-corrected chi connectivity index (χ4v) is 1.89. The molecule has 116 valence electrons. The molecular formula is C13H21N5O3. The van der Waals surface area contributed by atoms with Crippen molar-refractivity contribution in [1.29, 1.82) is 0 Å². The van der Waals surface area contributed by atoms with Gasteiger partial charge in [0.2, 0.25) is 0 Å². The monoisotopic (exact) mass is 295 g/mol. The van der Waals surface area contributed by atoms with Gasteiger partial charge in [-0.1, -0.05) is 0 Å². The standard InChI is InChI=1S/C13H21N5O3/c1-16(2)7-4-8-17(3)13(19)10-5-6-12(18(20)21)11(9-10)15-14/h5-6,9,15H,4,7-8,14H2,1-3H3. The van der Waals surface area contributed by atoms with Gasteiger partial charge in [-0.2, -0.15) is 0 Å². The zero-order valence-electron chi connectivity index (χ0n) is 12.5. The molecule has 1 amide bonds. The summed E-state index contributed by atoms with van der Waals surface area (Å²) >= 11 is 0. The number of carbonyl (C=O) groups excluding carboxylic acids is 1. The van der Waals surface area contributed by atoms with Crippen molar-refractivity contribution in [3.8, 4) is 0 Å². The SMILES string of the molecule is CN(C)CCCN(C)C(=O)c1ccc([N+](=O)[O-])c(NN)c1. The van der Waals surface area contributed by atoms with Crippen molar-refractivity contribution in [1.82, 2.24) is 9.80 Å². The molecule has 0 saturated carbocycles. The molecule has 0 spiro atoms. The molecule has 0 aromatic heterocycles. The van der Waals surface area contributed by atoms with Gasteiger partial charge >= 0.3 is 0 Å². The summed E-state index contributed by atoms with van der Waals surface area (Å²) in [6.45, 7) is 1.49. The topological polar surface area (TPSA) is 105 Å². The molecule has 8 nitrogen and oxygen atoms in total. The molecule has 3 N–H and O–H groups in total. The summed E-state index contributed by atoms with van der Waals surface area (Å²) in [6, 6.07) is 4.10. The number of carbonyl (C=O) groups is 1. The van der Waals surface area contributed by atoms with Crippen LogP contribution in [0, 0.1) is 10.1 Å². The van der Waals surface area contributed by atoms with E-state index in [-0.39, 0.29) is 17.3 Å². The van der Waals surface area contributed by atoms with Crippen LogP contribution in [0.1, 0.15) is 16.8 Å². The molecule has 8 heteroatoms. The Morgan fingerprint density at radius 1 is 1.33 bits per heavy atom. The van der Waals surface area contributed by atoms with Gasteiger partial charge in [-0.15, -0.1) is 0 Å². The number of nitrogens with one attached hydrogen (secondary N) is 1. The minimum Gasteiger partial charge on any atom is -0.342 e. The third-order valence-electron chi connectivity index (χ3n) is 3.04. The van der Waals surface area contributed by atoms with E-state index in [4.69, 9.17) is 5.84 Å². The molecular weight excluding hydrogens is 274 g/mol. The summed E-state index contributed by atoms with van der Waals surface area (Å²) in [6.07, 6.45) is 0.851.